The predicted molar refractivity (Wildman–Crippen MR) is 112 cm³/mol. The Hall–Kier alpha value is 0.150. The summed E-state index contributed by atoms with van der Waals surface area (Å²) in [6.07, 6.45) is 1.31. The van der Waals surface area contributed by atoms with E-state index in [1.165, 1.54) is 6.42 Å². The van der Waals surface area contributed by atoms with Crippen molar-refractivity contribution in [3.05, 3.63) is 0 Å². The second kappa shape index (κ2) is 8.23. The van der Waals surface area contributed by atoms with Gasteiger partial charge in [-0.25, -0.2) is 21.5 Å². The molecule has 1 saturated heterocycles. The first kappa shape index (κ1) is 22.2. The molecule has 6 heteroatoms. The van der Waals surface area contributed by atoms with Gasteiger partial charge in [-0.3, -0.25) is 0 Å². The van der Waals surface area contributed by atoms with E-state index in [1.807, 2.05) is 0 Å². The van der Waals surface area contributed by atoms with Gasteiger partial charge in [-0.2, -0.15) is 0 Å². The van der Waals surface area contributed by atoms with Crippen LogP contribution in [0.15, 0.2) is 0 Å². The van der Waals surface area contributed by atoms with E-state index in [0.29, 0.717) is 0 Å². The van der Waals surface area contributed by atoms with E-state index in [2.05, 4.69) is 91.4 Å². The van der Waals surface area contributed by atoms with Gasteiger partial charge in [0.25, 0.3) is 0 Å². The molecule has 0 aliphatic carbocycles. The molecule has 0 aromatic carbocycles. The third-order valence-corrected chi connectivity index (χ3v) is 13.7. The van der Waals surface area contributed by atoms with Crippen LogP contribution in [0.1, 0.15) is 41.0 Å². The first-order chi connectivity index (χ1) is 11.1. The van der Waals surface area contributed by atoms with Crippen LogP contribution in [-0.4, -0.2) is 89.5 Å². The van der Waals surface area contributed by atoms with Gasteiger partial charge in [-0.15, -0.1) is 0 Å². The molecular formula is C18H45N5S. The van der Waals surface area contributed by atoms with Gasteiger partial charge in [0.15, 0.2) is 0 Å². The highest BCUT2D eigenvalue weighted by Gasteiger charge is 2.56. The Morgan fingerprint density at radius 2 is 1.04 bits per heavy atom. The summed E-state index contributed by atoms with van der Waals surface area (Å²) in [6.45, 7) is 17.2. The van der Waals surface area contributed by atoms with Crippen LogP contribution in [0.25, 0.3) is 0 Å². The maximum absolute atomic E-state index is 2.76. The molecule has 148 valence electrons. The predicted octanol–water partition coefficient (Wildman–Crippen LogP) is 3.03. The molecule has 1 fully saturated rings. The second-order valence-corrected chi connectivity index (χ2v) is 13.1. The molecule has 0 aromatic heterocycles. The van der Waals surface area contributed by atoms with Crippen molar-refractivity contribution in [2.45, 2.75) is 41.0 Å². The van der Waals surface area contributed by atoms with Gasteiger partial charge in [0, 0.05) is 32.7 Å². The van der Waals surface area contributed by atoms with E-state index < -0.39 is 10.1 Å². The quantitative estimate of drug-likeness (QED) is 0.728. The normalized spacial score (nSPS) is 31.0. The number of hydrogen-bond acceptors (Lipinski definition) is 5. The van der Waals surface area contributed by atoms with Gasteiger partial charge in [-0.1, -0.05) is 44.7 Å². The molecule has 0 spiro atoms. The summed E-state index contributed by atoms with van der Waals surface area (Å²) in [5, 5.41) is 0. The van der Waals surface area contributed by atoms with Crippen LogP contribution in [0.3, 0.4) is 0 Å². The van der Waals surface area contributed by atoms with Gasteiger partial charge >= 0.3 is 0 Å². The highest BCUT2D eigenvalue weighted by atomic mass is 32.3. The molecule has 24 heavy (non-hydrogen) atoms. The molecule has 1 heterocycles. The zero-order valence-electron chi connectivity index (χ0n) is 18.1. The Kier molecular flexibility index (Phi) is 7.61. The van der Waals surface area contributed by atoms with Crippen LogP contribution >= 0.6 is 10.1 Å². The van der Waals surface area contributed by atoms with Crippen LogP contribution in [0.5, 0.6) is 0 Å². The van der Waals surface area contributed by atoms with E-state index in [1.54, 1.807) is 0 Å². The first-order valence-corrected chi connectivity index (χ1v) is 11.7. The Bertz CT molecular complexity index is 356. The average molecular weight is 364 g/mol. The number of nitrogens with zero attached hydrogens (tertiary/aromatic N) is 5. The highest BCUT2D eigenvalue weighted by Crippen LogP contribution is 2.78. The van der Waals surface area contributed by atoms with Gasteiger partial charge in [0.2, 0.25) is 0 Å². The summed E-state index contributed by atoms with van der Waals surface area (Å²) in [5.41, 5.74) is 0. The number of thiol groups is 1. The summed E-state index contributed by atoms with van der Waals surface area (Å²) in [7, 11) is 8.97. The van der Waals surface area contributed by atoms with Gasteiger partial charge in [0.1, 0.15) is 0 Å². The van der Waals surface area contributed by atoms with Gasteiger partial charge in [0.05, 0.1) is 0 Å². The monoisotopic (exact) mass is 363 g/mol. The van der Waals surface area contributed by atoms with Gasteiger partial charge in [-0.05, 0) is 53.5 Å². The molecule has 0 radical (unpaired) electrons. The lowest BCUT2D eigenvalue weighted by Crippen LogP contribution is -2.70. The van der Waals surface area contributed by atoms with Crippen molar-refractivity contribution in [2.24, 2.45) is 11.8 Å². The fourth-order valence-corrected chi connectivity index (χ4v) is 13.3. The Morgan fingerprint density at radius 1 is 0.750 bits per heavy atom. The Labute approximate surface area is 152 Å². The smallest absolute Gasteiger partial charge is 0.0124 e. The van der Waals surface area contributed by atoms with Crippen molar-refractivity contribution < 1.29 is 0 Å². The number of rotatable bonds is 6. The third-order valence-electron chi connectivity index (χ3n) is 6.38. The SMILES string of the molecule is CCN(C)[SH]1(N(C)CC)(N(C)CC)N(C)CC(C)CC(C)CN1C. The van der Waals surface area contributed by atoms with E-state index in [0.717, 1.165) is 44.6 Å². The Balaban J connectivity index is 3.77. The lowest BCUT2D eigenvalue weighted by atomic mass is 9.97. The van der Waals surface area contributed by atoms with Crippen molar-refractivity contribution in [2.75, 3.05) is 68.0 Å². The van der Waals surface area contributed by atoms with E-state index >= 15 is 0 Å². The molecular weight excluding hydrogens is 318 g/mol. The van der Waals surface area contributed by atoms with E-state index in [4.69, 9.17) is 0 Å². The summed E-state index contributed by atoms with van der Waals surface area (Å²) in [5.74, 6) is 1.45. The summed E-state index contributed by atoms with van der Waals surface area (Å²) < 4.78 is 13.4. The minimum atomic E-state index is -2.76. The number of hydrogen-bond donors (Lipinski definition) is 1. The summed E-state index contributed by atoms with van der Waals surface area (Å²) in [4.78, 5) is 0. The summed E-state index contributed by atoms with van der Waals surface area (Å²) in [6, 6.07) is 0. The van der Waals surface area contributed by atoms with Crippen molar-refractivity contribution in [1.82, 2.24) is 21.5 Å². The topological polar surface area (TPSA) is 16.2 Å². The van der Waals surface area contributed by atoms with E-state index in [-0.39, 0.29) is 0 Å². The minimum absolute atomic E-state index is 0.723. The molecule has 1 aliphatic heterocycles. The lowest BCUT2D eigenvalue weighted by Gasteiger charge is -2.83. The van der Waals surface area contributed by atoms with Crippen molar-refractivity contribution in [3.63, 3.8) is 0 Å². The zero-order valence-corrected chi connectivity index (χ0v) is 19.0. The minimum Gasteiger partial charge on any atom is -0.246 e. The molecule has 2 unspecified atom stereocenters. The first-order valence-electron chi connectivity index (χ1n) is 9.73. The second-order valence-electron chi connectivity index (χ2n) is 7.94. The van der Waals surface area contributed by atoms with Crippen LogP contribution < -0.4 is 0 Å². The highest BCUT2D eigenvalue weighted by molar-refractivity contribution is 8.40. The molecule has 1 rings (SSSR count). The average Bonchev–Trinajstić information content (AvgIpc) is 2.53. The lowest BCUT2D eigenvalue weighted by molar-refractivity contribution is 0.202. The fourth-order valence-electron chi connectivity index (χ4n) is 5.40. The third kappa shape index (κ3) is 2.93. The molecule has 2 atom stereocenters. The van der Waals surface area contributed by atoms with Crippen molar-refractivity contribution in [3.8, 4) is 0 Å². The molecule has 0 amide bonds. The molecule has 0 N–H and O–H groups in total. The van der Waals surface area contributed by atoms with Gasteiger partial charge < -0.3 is 0 Å². The van der Waals surface area contributed by atoms with Crippen LogP contribution in [0.4, 0.5) is 0 Å². The maximum Gasteiger partial charge on any atom is 0.0124 e. The largest absolute Gasteiger partial charge is 0.246 e. The van der Waals surface area contributed by atoms with E-state index in [9.17, 15) is 0 Å². The maximum atomic E-state index is 2.72. The summed E-state index contributed by atoms with van der Waals surface area (Å²) >= 11 is 0. The van der Waals surface area contributed by atoms with Crippen LogP contribution in [-0.2, 0) is 0 Å². The van der Waals surface area contributed by atoms with Crippen molar-refractivity contribution >= 4 is 10.1 Å². The Morgan fingerprint density at radius 3 is 1.29 bits per heavy atom. The zero-order chi connectivity index (χ0) is 18.7. The van der Waals surface area contributed by atoms with Crippen LogP contribution in [0.2, 0.25) is 0 Å². The van der Waals surface area contributed by atoms with Crippen molar-refractivity contribution in [1.29, 1.82) is 0 Å². The standard InChI is InChI=1S/C18H45N5S/c1-11-19(6)24(20(7)12-2,21(8)13-3)22(9)15-17(4)14-18(5)16-23(24)10/h17-18,24H,11-16H2,1-10H3. The molecule has 5 nitrogen and oxygen atoms in total. The molecule has 0 aromatic rings. The van der Waals surface area contributed by atoms with Crippen LogP contribution in [0, 0.1) is 11.8 Å². The molecule has 0 saturated carbocycles. The molecule has 1 aliphatic rings. The molecule has 0 bridgehead atoms. The fraction of sp³-hybridized carbons (Fsp3) is 1.00.